The Morgan fingerprint density at radius 2 is 1.32 bits per heavy atom. The van der Waals surface area contributed by atoms with Crippen molar-refractivity contribution in [1.82, 2.24) is 5.32 Å². The SMILES string of the molecule is CCCCCCCCCNC(C)C12CC3CC(CC(C3)C1)C2. The second-order valence-electron chi connectivity index (χ2n) is 9.08. The van der Waals surface area contributed by atoms with Crippen molar-refractivity contribution < 1.29 is 0 Å². The minimum atomic E-state index is 0.690. The van der Waals surface area contributed by atoms with E-state index in [0.717, 1.165) is 23.8 Å². The molecule has 4 bridgehead atoms. The molecule has 22 heavy (non-hydrogen) atoms. The molecule has 4 aliphatic carbocycles. The first-order valence-electron chi connectivity index (χ1n) is 10.5. The molecule has 0 aromatic heterocycles. The van der Waals surface area contributed by atoms with Gasteiger partial charge in [-0.05, 0) is 81.6 Å². The van der Waals surface area contributed by atoms with Crippen LogP contribution in [0.1, 0.15) is 97.3 Å². The van der Waals surface area contributed by atoms with Gasteiger partial charge in [0.1, 0.15) is 0 Å². The van der Waals surface area contributed by atoms with Crippen LogP contribution in [-0.4, -0.2) is 12.6 Å². The summed E-state index contributed by atoms with van der Waals surface area (Å²) in [5.74, 6) is 3.28. The first-order valence-corrected chi connectivity index (χ1v) is 10.5. The van der Waals surface area contributed by atoms with Crippen LogP contribution in [0.25, 0.3) is 0 Å². The van der Waals surface area contributed by atoms with Crippen LogP contribution >= 0.6 is 0 Å². The van der Waals surface area contributed by atoms with Crippen molar-refractivity contribution in [2.45, 2.75) is 103 Å². The highest BCUT2D eigenvalue weighted by Crippen LogP contribution is 2.61. The second-order valence-corrected chi connectivity index (χ2v) is 9.08. The highest BCUT2D eigenvalue weighted by molar-refractivity contribution is 5.05. The lowest BCUT2D eigenvalue weighted by molar-refractivity contribution is -0.0703. The number of hydrogen-bond donors (Lipinski definition) is 1. The Labute approximate surface area is 139 Å². The Hall–Kier alpha value is -0.0400. The summed E-state index contributed by atoms with van der Waals surface area (Å²) in [6, 6.07) is 0.765. The Morgan fingerprint density at radius 3 is 1.86 bits per heavy atom. The number of nitrogens with one attached hydrogen (secondary N) is 1. The van der Waals surface area contributed by atoms with E-state index in [0.29, 0.717) is 5.41 Å². The van der Waals surface area contributed by atoms with Crippen LogP contribution in [0.3, 0.4) is 0 Å². The molecule has 0 aromatic carbocycles. The van der Waals surface area contributed by atoms with E-state index in [1.165, 1.54) is 51.5 Å². The van der Waals surface area contributed by atoms with Crippen LogP contribution in [0.15, 0.2) is 0 Å². The van der Waals surface area contributed by atoms with Crippen LogP contribution in [0.2, 0.25) is 0 Å². The Balaban J connectivity index is 1.33. The first kappa shape index (κ1) is 16.8. The molecule has 0 spiro atoms. The maximum atomic E-state index is 3.94. The lowest BCUT2D eigenvalue weighted by Crippen LogP contribution is -2.54. The van der Waals surface area contributed by atoms with Crippen molar-refractivity contribution in [3.05, 3.63) is 0 Å². The van der Waals surface area contributed by atoms with E-state index in [9.17, 15) is 0 Å². The summed E-state index contributed by atoms with van der Waals surface area (Å²) in [6.45, 7) is 6.07. The van der Waals surface area contributed by atoms with Crippen molar-refractivity contribution in [3.63, 3.8) is 0 Å². The molecule has 0 heterocycles. The third-order valence-corrected chi connectivity index (χ3v) is 7.24. The fourth-order valence-corrected chi connectivity index (χ4v) is 6.33. The highest BCUT2D eigenvalue weighted by atomic mass is 14.9. The molecule has 1 heteroatoms. The lowest BCUT2D eigenvalue weighted by Gasteiger charge is -2.59. The monoisotopic (exact) mass is 305 g/mol. The minimum absolute atomic E-state index is 0.690. The zero-order chi connectivity index (χ0) is 15.4. The van der Waals surface area contributed by atoms with E-state index < -0.39 is 0 Å². The van der Waals surface area contributed by atoms with Crippen molar-refractivity contribution in [2.24, 2.45) is 23.2 Å². The molecule has 0 aliphatic heterocycles. The molecule has 0 aromatic rings. The van der Waals surface area contributed by atoms with Gasteiger partial charge in [0.2, 0.25) is 0 Å². The summed E-state index contributed by atoms with van der Waals surface area (Å²) in [7, 11) is 0. The van der Waals surface area contributed by atoms with Gasteiger partial charge >= 0.3 is 0 Å². The summed E-state index contributed by atoms with van der Waals surface area (Å²) in [5.41, 5.74) is 0.690. The quantitative estimate of drug-likeness (QED) is 0.493. The van der Waals surface area contributed by atoms with E-state index in [1.807, 2.05) is 0 Å². The fraction of sp³-hybridized carbons (Fsp3) is 1.00. The molecule has 0 saturated heterocycles. The van der Waals surface area contributed by atoms with E-state index in [2.05, 4.69) is 19.2 Å². The van der Waals surface area contributed by atoms with E-state index in [-0.39, 0.29) is 0 Å². The van der Waals surface area contributed by atoms with Gasteiger partial charge in [-0.15, -0.1) is 0 Å². The van der Waals surface area contributed by atoms with Gasteiger partial charge < -0.3 is 5.32 Å². The van der Waals surface area contributed by atoms with Crippen LogP contribution in [0.4, 0.5) is 0 Å². The normalized spacial score (nSPS) is 37.6. The zero-order valence-electron chi connectivity index (χ0n) is 15.2. The lowest BCUT2D eigenvalue weighted by atomic mass is 9.48. The number of unbranched alkanes of at least 4 members (excludes halogenated alkanes) is 6. The van der Waals surface area contributed by atoms with Gasteiger partial charge in [-0.2, -0.15) is 0 Å². The molecular weight excluding hydrogens is 266 g/mol. The predicted molar refractivity (Wildman–Crippen MR) is 96.1 cm³/mol. The minimum Gasteiger partial charge on any atom is -0.314 e. The van der Waals surface area contributed by atoms with Crippen molar-refractivity contribution in [3.8, 4) is 0 Å². The Kier molecular flexibility index (Phi) is 5.87. The molecule has 1 N–H and O–H groups in total. The standard InChI is InChI=1S/C21H39N/c1-3-4-5-6-7-8-9-10-22-17(2)21-14-18-11-19(15-21)13-20(12-18)16-21/h17-20,22H,3-16H2,1-2H3. The predicted octanol–water partition coefficient (Wildman–Crippen LogP) is 5.93. The van der Waals surface area contributed by atoms with Gasteiger partial charge in [0, 0.05) is 6.04 Å². The first-order chi connectivity index (χ1) is 10.7. The summed E-state index contributed by atoms with van der Waals surface area (Å²) >= 11 is 0. The average molecular weight is 306 g/mol. The van der Waals surface area contributed by atoms with Crippen LogP contribution in [-0.2, 0) is 0 Å². The molecular formula is C21H39N. The topological polar surface area (TPSA) is 12.0 Å². The second kappa shape index (κ2) is 7.69. The largest absolute Gasteiger partial charge is 0.314 e. The third-order valence-electron chi connectivity index (χ3n) is 7.24. The van der Waals surface area contributed by atoms with Gasteiger partial charge in [-0.1, -0.05) is 45.4 Å². The van der Waals surface area contributed by atoms with E-state index >= 15 is 0 Å². The molecule has 4 aliphatic rings. The summed E-state index contributed by atoms with van der Waals surface area (Å²) in [4.78, 5) is 0. The van der Waals surface area contributed by atoms with Gasteiger partial charge in [-0.25, -0.2) is 0 Å². The maximum absolute atomic E-state index is 3.94. The number of rotatable bonds is 10. The van der Waals surface area contributed by atoms with Crippen LogP contribution < -0.4 is 5.32 Å². The smallest absolute Gasteiger partial charge is 0.00954 e. The molecule has 4 fully saturated rings. The Bertz CT molecular complexity index is 300. The van der Waals surface area contributed by atoms with E-state index in [4.69, 9.17) is 0 Å². The zero-order valence-corrected chi connectivity index (χ0v) is 15.2. The molecule has 0 amide bonds. The molecule has 1 unspecified atom stereocenters. The van der Waals surface area contributed by atoms with Gasteiger partial charge in [0.25, 0.3) is 0 Å². The molecule has 0 radical (unpaired) electrons. The Morgan fingerprint density at radius 1 is 0.818 bits per heavy atom. The van der Waals surface area contributed by atoms with Gasteiger partial charge in [-0.3, -0.25) is 0 Å². The molecule has 4 rings (SSSR count). The molecule has 1 nitrogen and oxygen atoms in total. The van der Waals surface area contributed by atoms with Crippen molar-refractivity contribution in [1.29, 1.82) is 0 Å². The maximum Gasteiger partial charge on any atom is 0.00954 e. The van der Waals surface area contributed by atoms with Gasteiger partial charge in [0.15, 0.2) is 0 Å². The highest BCUT2D eigenvalue weighted by Gasteiger charge is 2.52. The molecule has 1 atom stereocenters. The van der Waals surface area contributed by atoms with Crippen molar-refractivity contribution >= 4 is 0 Å². The fourth-order valence-electron chi connectivity index (χ4n) is 6.33. The average Bonchev–Trinajstić information content (AvgIpc) is 2.48. The van der Waals surface area contributed by atoms with Gasteiger partial charge in [0.05, 0.1) is 0 Å². The number of hydrogen-bond acceptors (Lipinski definition) is 1. The molecule has 128 valence electrons. The molecule has 4 saturated carbocycles. The van der Waals surface area contributed by atoms with Crippen LogP contribution in [0.5, 0.6) is 0 Å². The third kappa shape index (κ3) is 3.89. The summed E-state index contributed by atoms with van der Waals surface area (Å²) in [5, 5.41) is 3.94. The summed E-state index contributed by atoms with van der Waals surface area (Å²) in [6.07, 6.45) is 19.3. The van der Waals surface area contributed by atoms with Crippen molar-refractivity contribution in [2.75, 3.05) is 6.54 Å². The van der Waals surface area contributed by atoms with E-state index in [1.54, 1.807) is 38.5 Å². The summed E-state index contributed by atoms with van der Waals surface area (Å²) < 4.78 is 0. The van der Waals surface area contributed by atoms with Crippen LogP contribution in [0, 0.1) is 23.2 Å².